The Kier molecular flexibility index (Phi) is 4.66. The van der Waals surface area contributed by atoms with E-state index in [-0.39, 0.29) is 23.0 Å². The fourth-order valence-corrected chi connectivity index (χ4v) is 2.21. The molecule has 0 aromatic carbocycles. The van der Waals surface area contributed by atoms with E-state index in [0.29, 0.717) is 0 Å². The second-order valence-corrected chi connectivity index (χ2v) is 4.70. The molecule has 0 unspecified atom stereocenters. The normalized spacial score (nSPS) is 21.5. The van der Waals surface area contributed by atoms with Gasteiger partial charge >= 0.3 is 0 Å². The second kappa shape index (κ2) is 6.84. The van der Waals surface area contributed by atoms with Crippen molar-refractivity contribution in [2.45, 2.75) is 0 Å². The Morgan fingerprint density at radius 1 is 0.727 bits per heavy atom. The molecule has 0 aliphatic heterocycles. The lowest BCUT2D eigenvalue weighted by Crippen LogP contribution is -2.03. The molecule has 104 valence electrons. The number of hydrogen-bond acceptors (Lipinski definition) is 4. The molecule has 22 heavy (non-hydrogen) atoms. The third-order valence-electron chi connectivity index (χ3n) is 3.44. The third-order valence-corrected chi connectivity index (χ3v) is 3.44. The Morgan fingerprint density at radius 3 is 1.27 bits per heavy atom. The molecule has 0 fully saturated rings. The summed E-state index contributed by atoms with van der Waals surface area (Å²) in [6.07, 6.45) is 15.0. The SMILES string of the molecule is N#CC(=C=N)C1C=CC(=C2C=CC(C(=C=N)C#N)C=C2)C=C1. The standard InChI is InChI=1S/C18H12N4/c19-9-17(10-20)15-5-1-13(2-6-15)14-3-7-16(8-4-14)18(11-21)12-22/h1-8,15-16,19,21H. The van der Waals surface area contributed by atoms with Gasteiger partial charge in [0.05, 0.1) is 0 Å². The molecule has 0 saturated carbocycles. The van der Waals surface area contributed by atoms with Crippen LogP contribution in [0.25, 0.3) is 0 Å². The zero-order chi connectivity index (χ0) is 15.9. The van der Waals surface area contributed by atoms with Crippen LogP contribution in [0.1, 0.15) is 0 Å². The lowest BCUT2D eigenvalue weighted by molar-refractivity contribution is 0.998. The molecule has 0 amide bonds. The first-order valence-electron chi connectivity index (χ1n) is 6.60. The van der Waals surface area contributed by atoms with Gasteiger partial charge in [-0.25, -0.2) is 0 Å². The molecule has 0 aromatic heterocycles. The van der Waals surface area contributed by atoms with Crippen molar-refractivity contribution in [1.82, 2.24) is 0 Å². The van der Waals surface area contributed by atoms with Gasteiger partial charge < -0.3 is 0 Å². The molecule has 0 aromatic rings. The van der Waals surface area contributed by atoms with Crippen molar-refractivity contribution in [3.8, 4) is 12.1 Å². The van der Waals surface area contributed by atoms with Crippen LogP contribution in [-0.4, -0.2) is 11.7 Å². The summed E-state index contributed by atoms with van der Waals surface area (Å²) in [6.45, 7) is 0. The Labute approximate surface area is 128 Å². The quantitative estimate of drug-likeness (QED) is 0.601. The molecule has 0 spiro atoms. The van der Waals surface area contributed by atoms with Crippen LogP contribution in [0.3, 0.4) is 0 Å². The molecule has 0 atom stereocenters. The minimum absolute atomic E-state index is 0.206. The molecule has 0 bridgehead atoms. The highest BCUT2D eigenvalue weighted by Gasteiger charge is 2.14. The highest BCUT2D eigenvalue weighted by atomic mass is 14.3. The number of hydrogen-bond donors (Lipinski definition) is 2. The summed E-state index contributed by atoms with van der Waals surface area (Å²) in [5.41, 5.74) is 2.53. The van der Waals surface area contributed by atoms with Crippen LogP contribution in [0.2, 0.25) is 0 Å². The molecule has 2 aliphatic rings. The van der Waals surface area contributed by atoms with E-state index < -0.39 is 0 Å². The summed E-state index contributed by atoms with van der Waals surface area (Å²) in [6, 6.07) is 3.92. The Hall–Kier alpha value is -3.42. The van der Waals surface area contributed by atoms with Gasteiger partial charge in [0.1, 0.15) is 23.3 Å². The summed E-state index contributed by atoms with van der Waals surface area (Å²) >= 11 is 0. The van der Waals surface area contributed by atoms with Crippen molar-refractivity contribution in [2.24, 2.45) is 11.8 Å². The predicted molar refractivity (Wildman–Crippen MR) is 84.3 cm³/mol. The molecular weight excluding hydrogens is 272 g/mol. The zero-order valence-electron chi connectivity index (χ0n) is 11.7. The fraction of sp³-hybridized carbons (Fsp3) is 0.111. The van der Waals surface area contributed by atoms with Gasteiger partial charge in [0, 0.05) is 11.8 Å². The second-order valence-electron chi connectivity index (χ2n) is 4.70. The minimum atomic E-state index is -0.206. The van der Waals surface area contributed by atoms with Gasteiger partial charge in [-0.1, -0.05) is 48.6 Å². The van der Waals surface area contributed by atoms with E-state index in [4.69, 9.17) is 21.3 Å². The molecule has 0 heterocycles. The fourth-order valence-electron chi connectivity index (χ4n) is 2.21. The van der Waals surface area contributed by atoms with Gasteiger partial charge in [0.25, 0.3) is 0 Å². The lowest BCUT2D eigenvalue weighted by atomic mass is 9.89. The Balaban J connectivity index is 2.21. The van der Waals surface area contributed by atoms with Gasteiger partial charge in [-0.3, -0.25) is 10.8 Å². The van der Waals surface area contributed by atoms with Gasteiger partial charge in [0.15, 0.2) is 0 Å². The molecule has 2 rings (SSSR count). The van der Waals surface area contributed by atoms with Gasteiger partial charge in [-0.05, 0) is 22.9 Å². The van der Waals surface area contributed by atoms with E-state index in [1.165, 1.54) is 0 Å². The summed E-state index contributed by atoms with van der Waals surface area (Å²) in [4.78, 5) is 0. The van der Waals surface area contributed by atoms with Crippen LogP contribution in [0, 0.1) is 45.3 Å². The summed E-state index contributed by atoms with van der Waals surface area (Å²) < 4.78 is 0. The summed E-state index contributed by atoms with van der Waals surface area (Å²) in [7, 11) is 0. The smallest absolute Gasteiger partial charge is 0.106 e. The van der Waals surface area contributed by atoms with E-state index in [2.05, 4.69) is 11.7 Å². The first kappa shape index (κ1) is 15.0. The zero-order valence-corrected chi connectivity index (χ0v) is 11.7. The van der Waals surface area contributed by atoms with Gasteiger partial charge in [-0.2, -0.15) is 10.5 Å². The Bertz CT molecular complexity index is 719. The number of nitrogens with zero attached hydrogens (tertiary/aromatic N) is 2. The van der Waals surface area contributed by atoms with E-state index in [9.17, 15) is 0 Å². The number of nitrogens with one attached hydrogen (secondary N) is 2. The maximum absolute atomic E-state index is 8.90. The van der Waals surface area contributed by atoms with Crippen molar-refractivity contribution in [3.05, 3.63) is 70.9 Å². The molecule has 0 radical (unpaired) electrons. The Morgan fingerprint density at radius 2 is 1.05 bits per heavy atom. The molecule has 2 N–H and O–H groups in total. The van der Waals surface area contributed by atoms with Crippen molar-refractivity contribution in [3.63, 3.8) is 0 Å². The van der Waals surface area contributed by atoms with Crippen LogP contribution in [0.5, 0.6) is 0 Å². The predicted octanol–water partition coefficient (Wildman–Crippen LogP) is 3.16. The first-order chi connectivity index (χ1) is 10.7. The average molecular weight is 284 g/mol. The van der Waals surface area contributed by atoms with Crippen LogP contribution in [0.15, 0.2) is 70.9 Å². The molecular formula is C18H12N4. The highest BCUT2D eigenvalue weighted by molar-refractivity contribution is 5.66. The van der Waals surface area contributed by atoms with Crippen LogP contribution in [0.4, 0.5) is 0 Å². The number of nitriles is 2. The van der Waals surface area contributed by atoms with Crippen molar-refractivity contribution in [1.29, 1.82) is 21.3 Å². The third kappa shape index (κ3) is 3.01. The van der Waals surface area contributed by atoms with E-state index in [0.717, 1.165) is 11.1 Å². The maximum atomic E-state index is 8.90. The molecule has 4 nitrogen and oxygen atoms in total. The van der Waals surface area contributed by atoms with Crippen molar-refractivity contribution < 1.29 is 0 Å². The average Bonchev–Trinajstić information content (AvgIpc) is 2.58. The van der Waals surface area contributed by atoms with Crippen molar-refractivity contribution >= 4 is 11.7 Å². The lowest BCUT2D eigenvalue weighted by Gasteiger charge is -2.14. The van der Waals surface area contributed by atoms with Crippen LogP contribution in [-0.2, 0) is 0 Å². The van der Waals surface area contributed by atoms with Crippen LogP contribution < -0.4 is 0 Å². The topological polar surface area (TPSA) is 95.3 Å². The highest BCUT2D eigenvalue weighted by Crippen LogP contribution is 2.26. The summed E-state index contributed by atoms with van der Waals surface area (Å²) in [5.74, 6) is 3.88. The van der Waals surface area contributed by atoms with Gasteiger partial charge in [0.2, 0.25) is 0 Å². The minimum Gasteiger partial charge on any atom is -0.258 e. The van der Waals surface area contributed by atoms with E-state index in [1.807, 2.05) is 60.7 Å². The molecule has 2 aliphatic carbocycles. The van der Waals surface area contributed by atoms with E-state index >= 15 is 0 Å². The number of rotatable bonds is 2. The first-order valence-corrected chi connectivity index (χ1v) is 6.60. The maximum Gasteiger partial charge on any atom is 0.106 e. The number of allylic oxidation sites excluding steroid dienone is 12. The van der Waals surface area contributed by atoms with Gasteiger partial charge in [-0.15, -0.1) is 0 Å². The monoisotopic (exact) mass is 284 g/mol. The van der Waals surface area contributed by atoms with Crippen LogP contribution >= 0.6 is 0 Å². The van der Waals surface area contributed by atoms with Crippen molar-refractivity contribution in [2.75, 3.05) is 0 Å². The summed E-state index contributed by atoms with van der Waals surface area (Å²) in [5, 5.41) is 32.0. The molecule has 0 saturated heterocycles. The largest absolute Gasteiger partial charge is 0.258 e. The molecule has 4 heteroatoms. The van der Waals surface area contributed by atoms with E-state index in [1.54, 1.807) is 0 Å².